The van der Waals surface area contributed by atoms with Gasteiger partial charge in [-0.15, -0.1) is 5.10 Å². The minimum atomic E-state index is -0.257. The van der Waals surface area contributed by atoms with Crippen molar-refractivity contribution in [2.24, 2.45) is 0 Å². The SMILES string of the molecule is Cc1ccc(C)c(C(=O)CSc2n[nH]c(=O)n2CC2CCCO2)c1. The number of ketones is 1. The Morgan fingerprint density at radius 3 is 3.04 bits per heavy atom. The standard InChI is InChI=1S/C17H21N3O3S/c1-11-5-6-12(2)14(8-11)15(21)10-24-17-19-18-16(22)20(17)9-13-4-3-7-23-13/h5-6,8,13H,3-4,7,9-10H2,1-2H3,(H,18,22). The maximum atomic E-state index is 12.5. The molecule has 0 radical (unpaired) electrons. The van der Waals surface area contributed by atoms with Crippen LogP contribution >= 0.6 is 11.8 Å². The quantitative estimate of drug-likeness (QED) is 0.641. The number of aromatic amines is 1. The average Bonchev–Trinajstić information content (AvgIpc) is 3.19. The molecule has 1 N–H and O–H groups in total. The summed E-state index contributed by atoms with van der Waals surface area (Å²) in [5.74, 6) is 0.292. The lowest BCUT2D eigenvalue weighted by molar-refractivity contribution is 0.0941. The van der Waals surface area contributed by atoms with Gasteiger partial charge in [0.15, 0.2) is 10.9 Å². The number of ether oxygens (including phenoxy) is 1. The zero-order valence-electron chi connectivity index (χ0n) is 13.9. The number of carbonyl (C=O) groups excluding carboxylic acids is 1. The first-order chi connectivity index (χ1) is 11.5. The molecule has 0 spiro atoms. The van der Waals surface area contributed by atoms with Gasteiger partial charge in [-0.1, -0.05) is 29.5 Å². The van der Waals surface area contributed by atoms with Crippen molar-refractivity contribution in [1.29, 1.82) is 0 Å². The fraction of sp³-hybridized carbons (Fsp3) is 0.471. The zero-order chi connectivity index (χ0) is 17.1. The van der Waals surface area contributed by atoms with E-state index in [-0.39, 0.29) is 23.3 Å². The van der Waals surface area contributed by atoms with Crippen LogP contribution in [0.1, 0.15) is 34.3 Å². The third-order valence-electron chi connectivity index (χ3n) is 4.16. The number of hydrogen-bond donors (Lipinski definition) is 1. The van der Waals surface area contributed by atoms with Crippen molar-refractivity contribution < 1.29 is 9.53 Å². The van der Waals surface area contributed by atoms with Gasteiger partial charge in [-0.3, -0.25) is 9.36 Å². The molecule has 24 heavy (non-hydrogen) atoms. The second kappa shape index (κ2) is 7.36. The Morgan fingerprint density at radius 1 is 1.46 bits per heavy atom. The highest BCUT2D eigenvalue weighted by Gasteiger charge is 2.20. The molecule has 1 aliphatic heterocycles. The molecule has 0 saturated carbocycles. The Hall–Kier alpha value is -1.86. The van der Waals surface area contributed by atoms with E-state index in [2.05, 4.69) is 10.2 Å². The summed E-state index contributed by atoms with van der Waals surface area (Å²) in [6, 6.07) is 5.85. The topological polar surface area (TPSA) is 77.0 Å². The molecule has 6 nitrogen and oxygen atoms in total. The molecular weight excluding hydrogens is 326 g/mol. The Kier molecular flexibility index (Phi) is 5.20. The summed E-state index contributed by atoms with van der Waals surface area (Å²) in [5, 5.41) is 7.05. The van der Waals surface area contributed by atoms with Crippen LogP contribution in [0.3, 0.4) is 0 Å². The molecule has 1 saturated heterocycles. The van der Waals surface area contributed by atoms with E-state index in [9.17, 15) is 9.59 Å². The van der Waals surface area contributed by atoms with E-state index in [0.29, 0.717) is 11.7 Å². The van der Waals surface area contributed by atoms with Gasteiger partial charge < -0.3 is 4.74 Å². The molecule has 3 rings (SSSR count). The molecule has 1 atom stereocenters. The summed E-state index contributed by atoms with van der Waals surface area (Å²) < 4.78 is 7.15. The first-order valence-electron chi connectivity index (χ1n) is 8.04. The van der Waals surface area contributed by atoms with Crippen molar-refractivity contribution in [2.75, 3.05) is 12.4 Å². The zero-order valence-corrected chi connectivity index (χ0v) is 14.7. The van der Waals surface area contributed by atoms with Gasteiger partial charge >= 0.3 is 5.69 Å². The second-order valence-electron chi connectivity index (χ2n) is 6.09. The van der Waals surface area contributed by atoms with E-state index in [1.165, 1.54) is 11.8 Å². The molecule has 1 unspecified atom stereocenters. The Bertz CT molecular complexity index is 791. The summed E-state index contributed by atoms with van der Waals surface area (Å²) in [5.41, 5.74) is 2.49. The highest BCUT2D eigenvalue weighted by atomic mass is 32.2. The van der Waals surface area contributed by atoms with Crippen molar-refractivity contribution in [2.45, 2.75) is 44.5 Å². The molecule has 2 heterocycles. The van der Waals surface area contributed by atoms with Gasteiger partial charge in [0.2, 0.25) is 0 Å². The Labute approximate surface area is 144 Å². The fourth-order valence-electron chi connectivity index (χ4n) is 2.81. The summed E-state index contributed by atoms with van der Waals surface area (Å²) >= 11 is 1.28. The maximum Gasteiger partial charge on any atom is 0.344 e. The molecule has 7 heteroatoms. The second-order valence-corrected chi connectivity index (χ2v) is 7.03. The Balaban J connectivity index is 1.69. The highest BCUT2D eigenvalue weighted by molar-refractivity contribution is 7.99. The van der Waals surface area contributed by atoms with Crippen LogP contribution < -0.4 is 5.69 Å². The van der Waals surface area contributed by atoms with Crippen LogP contribution in [-0.4, -0.2) is 39.0 Å². The number of carbonyl (C=O) groups is 1. The van der Waals surface area contributed by atoms with Gasteiger partial charge in [0.25, 0.3) is 0 Å². The molecule has 0 aliphatic carbocycles. The van der Waals surface area contributed by atoms with Crippen LogP contribution in [0.15, 0.2) is 28.2 Å². The summed E-state index contributed by atoms with van der Waals surface area (Å²) in [7, 11) is 0. The monoisotopic (exact) mass is 347 g/mol. The molecule has 1 aromatic heterocycles. The van der Waals surface area contributed by atoms with Crippen LogP contribution in [0, 0.1) is 13.8 Å². The highest BCUT2D eigenvalue weighted by Crippen LogP contribution is 2.20. The minimum absolute atomic E-state index is 0.0420. The Morgan fingerprint density at radius 2 is 2.29 bits per heavy atom. The number of benzene rings is 1. The van der Waals surface area contributed by atoms with Crippen molar-refractivity contribution >= 4 is 17.5 Å². The van der Waals surface area contributed by atoms with Gasteiger partial charge in [0, 0.05) is 12.2 Å². The number of aryl methyl sites for hydroxylation is 2. The predicted octanol–water partition coefficient (Wildman–Crippen LogP) is 2.34. The minimum Gasteiger partial charge on any atom is -0.376 e. The van der Waals surface area contributed by atoms with E-state index in [4.69, 9.17) is 4.74 Å². The molecule has 0 bridgehead atoms. The van der Waals surface area contributed by atoms with Crippen molar-refractivity contribution in [3.63, 3.8) is 0 Å². The number of nitrogens with one attached hydrogen (secondary N) is 1. The third kappa shape index (κ3) is 3.79. The molecule has 0 amide bonds. The van der Waals surface area contributed by atoms with Gasteiger partial charge in [-0.25, -0.2) is 9.89 Å². The number of nitrogens with zero attached hydrogens (tertiary/aromatic N) is 2. The van der Waals surface area contributed by atoms with Crippen LogP contribution in [-0.2, 0) is 11.3 Å². The molecule has 128 valence electrons. The van der Waals surface area contributed by atoms with Crippen molar-refractivity contribution in [3.05, 3.63) is 45.4 Å². The number of Topliss-reactive ketones (excluding diaryl/α,β-unsaturated/α-hetero) is 1. The summed E-state index contributed by atoms with van der Waals surface area (Å²) in [6.45, 7) is 5.12. The smallest absolute Gasteiger partial charge is 0.344 e. The lowest BCUT2D eigenvalue weighted by Crippen LogP contribution is -2.25. The van der Waals surface area contributed by atoms with Crippen molar-refractivity contribution in [3.8, 4) is 0 Å². The first kappa shape index (κ1) is 17.0. The molecule has 1 aromatic carbocycles. The normalized spacial score (nSPS) is 17.3. The molecular formula is C17H21N3O3S. The van der Waals surface area contributed by atoms with Crippen LogP contribution in [0.25, 0.3) is 0 Å². The largest absolute Gasteiger partial charge is 0.376 e. The van der Waals surface area contributed by atoms with E-state index in [1.54, 1.807) is 4.57 Å². The van der Waals surface area contributed by atoms with Gasteiger partial charge in [0.1, 0.15) is 0 Å². The lowest BCUT2D eigenvalue weighted by Gasteiger charge is -2.11. The number of rotatable bonds is 6. The summed E-state index contributed by atoms with van der Waals surface area (Å²) in [4.78, 5) is 24.4. The first-order valence-corrected chi connectivity index (χ1v) is 9.03. The number of aromatic nitrogens is 3. The summed E-state index contributed by atoms with van der Waals surface area (Å²) in [6.07, 6.45) is 2.02. The van der Waals surface area contributed by atoms with Crippen LogP contribution in [0.5, 0.6) is 0 Å². The average molecular weight is 347 g/mol. The number of hydrogen-bond acceptors (Lipinski definition) is 5. The molecule has 1 fully saturated rings. The van der Waals surface area contributed by atoms with Crippen LogP contribution in [0.4, 0.5) is 0 Å². The number of H-pyrrole nitrogens is 1. The number of thioether (sulfide) groups is 1. The fourth-order valence-corrected chi connectivity index (χ4v) is 3.65. The van der Waals surface area contributed by atoms with Crippen LogP contribution in [0.2, 0.25) is 0 Å². The van der Waals surface area contributed by atoms with Gasteiger partial charge in [0.05, 0.1) is 18.4 Å². The molecule has 2 aromatic rings. The van der Waals surface area contributed by atoms with E-state index >= 15 is 0 Å². The maximum absolute atomic E-state index is 12.5. The van der Waals surface area contributed by atoms with Crippen molar-refractivity contribution in [1.82, 2.24) is 14.8 Å². The van der Waals surface area contributed by atoms with E-state index in [0.717, 1.165) is 36.1 Å². The van der Waals surface area contributed by atoms with E-state index in [1.807, 2.05) is 32.0 Å². The van der Waals surface area contributed by atoms with E-state index < -0.39 is 0 Å². The third-order valence-corrected chi connectivity index (χ3v) is 5.14. The predicted molar refractivity (Wildman–Crippen MR) is 92.8 cm³/mol. The lowest BCUT2D eigenvalue weighted by atomic mass is 10.0. The van der Waals surface area contributed by atoms with Gasteiger partial charge in [-0.05, 0) is 38.3 Å². The van der Waals surface area contributed by atoms with Gasteiger partial charge in [-0.2, -0.15) is 0 Å². The molecule has 1 aliphatic rings.